The minimum Gasteiger partial charge on any atom is -0.507 e. The summed E-state index contributed by atoms with van der Waals surface area (Å²) in [6, 6.07) is 3.70. The van der Waals surface area contributed by atoms with E-state index in [2.05, 4.69) is 17.5 Å². The molecule has 1 heterocycles. The molecule has 2 aromatic rings. The first-order chi connectivity index (χ1) is 28.4. The highest BCUT2D eigenvalue weighted by atomic mass is 16.7. The number of methoxy groups -OCH3 is 1. The Labute approximate surface area is 347 Å². The van der Waals surface area contributed by atoms with E-state index in [1.54, 1.807) is 6.92 Å². The molecule has 14 heteroatoms. The zero-order chi connectivity index (χ0) is 42.7. The molecule has 6 atom stereocenters. The molecule has 0 radical (unpaired) electrons. The lowest BCUT2D eigenvalue weighted by atomic mass is 9.71. The number of unbranched alkanes of at least 4 members (excludes halogenated alkanes) is 14. The van der Waals surface area contributed by atoms with Crippen molar-refractivity contribution in [2.45, 2.75) is 172 Å². The maximum absolute atomic E-state index is 14.0. The molecular formula is C45H65N3O11. The molecule has 1 aliphatic heterocycles. The molecule has 1 fully saturated rings. The molecule has 2 aromatic carbocycles. The molecule has 59 heavy (non-hydrogen) atoms. The third-order valence-corrected chi connectivity index (χ3v) is 12.2. The number of ketones is 2. The molecule has 8 N–H and O–H groups in total. The zero-order valence-electron chi connectivity index (χ0n) is 35.0. The number of carbonyl (C=O) groups excluding carboxylic acids is 3. The average molecular weight is 824 g/mol. The number of aliphatic hydroxyl groups is 3. The molecule has 14 nitrogen and oxygen atoms in total. The second-order valence-electron chi connectivity index (χ2n) is 16.5. The molecule has 5 rings (SSSR count). The Hall–Kier alpha value is -3.92. The van der Waals surface area contributed by atoms with Crippen LogP contribution in [0.3, 0.4) is 0 Å². The molecule has 3 aliphatic rings. The van der Waals surface area contributed by atoms with E-state index in [0.29, 0.717) is 6.42 Å². The van der Waals surface area contributed by atoms with Crippen LogP contribution in [0.5, 0.6) is 17.2 Å². The summed E-state index contributed by atoms with van der Waals surface area (Å²) in [5.74, 6) is -3.10. The second kappa shape index (κ2) is 21.6. The maximum Gasteiger partial charge on any atom is 0.240 e. The van der Waals surface area contributed by atoms with Gasteiger partial charge in [0.2, 0.25) is 11.7 Å². The Morgan fingerprint density at radius 1 is 0.915 bits per heavy atom. The number of amides is 1. The van der Waals surface area contributed by atoms with Crippen molar-refractivity contribution in [3.8, 4) is 17.2 Å². The van der Waals surface area contributed by atoms with Gasteiger partial charge in [-0.05, 0) is 19.4 Å². The van der Waals surface area contributed by atoms with E-state index < -0.39 is 89.4 Å². The number of nitrogens with two attached hydrogens (primary N) is 1. The van der Waals surface area contributed by atoms with Gasteiger partial charge in [0.15, 0.2) is 12.1 Å². The number of nitrogens with one attached hydrogen (secondary N) is 1. The summed E-state index contributed by atoms with van der Waals surface area (Å²) in [6.45, 7) is 3.05. The predicted octanol–water partition coefficient (Wildman–Crippen LogP) is 6.17. The topological polar surface area (TPSA) is 230 Å². The van der Waals surface area contributed by atoms with Crippen molar-refractivity contribution >= 4 is 23.2 Å². The summed E-state index contributed by atoms with van der Waals surface area (Å²) >= 11 is 0. The summed E-state index contributed by atoms with van der Waals surface area (Å²) in [5.41, 5.74) is 5.07. The number of rotatable bonds is 22. The van der Waals surface area contributed by atoms with Gasteiger partial charge in [0.1, 0.15) is 22.8 Å². The minimum absolute atomic E-state index is 0.0196. The van der Waals surface area contributed by atoms with Crippen LogP contribution in [0.1, 0.15) is 178 Å². The Bertz CT molecular complexity index is 1800. The van der Waals surface area contributed by atoms with Crippen LogP contribution in [0.4, 0.5) is 0 Å². The number of hydrazone groups is 1. The number of hydrogen-bond acceptors (Lipinski definition) is 13. The predicted molar refractivity (Wildman–Crippen MR) is 222 cm³/mol. The van der Waals surface area contributed by atoms with Crippen LogP contribution in [0.25, 0.3) is 0 Å². The highest BCUT2D eigenvalue weighted by Crippen LogP contribution is 2.52. The van der Waals surface area contributed by atoms with E-state index in [1.807, 2.05) is 0 Å². The summed E-state index contributed by atoms with van der Waals surface area (Å²) in [7, 11) is 1.34. The Kier molecular flexibility index (Phi) is 16.9. The third kappa shape index (κ3) is 10.9. The van der Waals surface area contributed by atoms with Gasteiger partial charge in [-0.1, -0.05) is 109 Å². The van der Waals surface area contributed by atoms with Crippen LogP contribution in [-0.2, 0) is 20.7 Å². The second-order valence-corrected chi connectivity index (χ2v) is 16.5. The van der Waals surface area contributed by atoms with Crippen molar-refractivity contribution in [3.05, 3.63) is 51.6 Å². The number of ether oxygens (including phenoxy) is 3. The van der Waals surface area contributed by atoms with Crippen LogP contribution >= 0.6 is 0 Å². The fourth-order valence-electron chi connectivity index (χ4n) is 8.74. The average Bonchev–Trinajstić information content (AvgIpc) is 3.21. The maximum atomic E-state index is 14.0. The summed E-state index contributed by atoms with van der Waals surface area (Å²) in [4.78, 5) is 40.8. The molecule has 1 amide bonds. The van der Waals surface area contributed by atoms with Crippen LogP contribution < -0.4 is 15.9 Å². The van der Waals surface area contributed by atoms with Gasteiger partial charge in [0, 0.05) is 48.4 Å². The Morgan fingerprint density at radius 2 is 1.51 bits per heavy atom. The molecule has 2 unspecified atom stereocenters. The summed E-state index contributed by atoms with van der Waals surface area (Å²) < 4.78 is 17.5. The van der Waals surface area contributed by atoms with E-state index >= 15 is 0 Å². The van der Waals surface area contributed by atoms with Crippen LogP contribution in [-0.4, -0.2) is 92.6 Å². The minimum atomic E-state index is -2.09. The number of aromatic hydroxyl groups is 2. The largest absolute Gasteiger partial charge is 0.507 e. The normalized spacial score (nSPS) is 24.1. The first-order valence-electron chi connectivity index (χ1n) is 21.7. The summed E-state index contributed by atoms with van der Waals surface area (Å²) in [6.07, 6.45) is 13.2. The number of phenols is 2. The standard InChI is InChI=1S/C45H65N3O11/c1-4-5-6-7-8-9-10-11-12-13-14-15-16-17-18-22-34(50)48-47-33(26-49)45(56)24-29-37(32(25-45)59-35-23-30(46)40(51)27(2)58-35)44(55)39-38(42(29)53)41(52)28-20-19-21-31(57-3)36(28)43(39)54/h19-21,27,30,32,35,40,49,51,53,55-56H,4-18,22-26,46H2,1-3H3,(H,48,50)/b47-33+/t27?,30?,32-,35-,40+,45+/m0/s1. The van der Waals surface area contributed by atoms with Gasteiger partial charge >= 0.3 is 0 Å². The third-order valence-electron chi connectivity index (χ3n) is 12.2. The number of phenolic OH excluding ortho intramolecular Hbond substituents is 2. The van der Waals surface area contributed by atoms with E-state index in [9.17, 15) is 39.9 Å². The van der Waals surface area contributed by atoms with Gasteiger partial charge in [0.05, 0.1) is 54.4 Å². The van der Waals surface area contributed by atoms with Gasteiger partial charge in [-0.25, -0.2) is 5.43 Å². The molecule has 0 aromatic heterocycles. The fourth-order valence-corrected chi connectivity index (χ4v) is 8.74. The first kappa shape index (κ1) is 46.2. The number of carbonyl (C=O) groups is 3. The van der Waals surface area contributed by atoms with Gasteiger partial charge < -0.3 is 45.5 Å². The van der Waals surface area contributed by atoms with Gasteiger partial charge in [0.25, 0.3) is 0 Å². The van der Waals surface area contributed by atoms with Crippen molar-refractivity contribution < 1.29 is 54.1 Å². The molecular weight excluding hydrogens is 759 g/mol. The highest BCUT2D eigenvalue weighted by molar-refractivity contribution is 6.31. The van der Waals surface area contributed by atoms with E-state index in [1.165, 1.54) is 95.9 Å². The quantitative estimate of drug-likeness (QED) is 0.0261. The number of nitrogens with zero attached hydrogens (tertiary/aromatic N) is 1. The molecule has 1 saturated heterocycles. The van der Waals surface area contributed by atoms with E-state index in [-0.39, 0.29) is 53.0 Å². The van der Waals surface area contributed by atoms with Crippen molar-refractivity contribution in [3.63, 3.8) is 0 Å². The Morgan fingerprint density at radius 3 is 2.08 bits per heavy atom. The van der Waals surface area contributed by atoms with Crippen molar-refractivity contribution in [1.82, 2.24) is 5.43 Å². The van der Waals surface area contributed by atoms with Crippen molar-refractivity contribution in [2.75, 3.05) is 13.7 Å². The van der Waals surface area contributed by atoms with Crippen molar-refractivity contribution in [1.29, 1.82) is 0 Å². The Balaban J connectivity index is 1.26. The zero-order valence-corrected chi connectivity index (χ0v) is 35.0. The monoisotopic (exact) mass is 823 g/mol. The SMILES string of the molecule is CCCCCCCCCCCCCCCCCC(=O)N/N=C(\CO)[C@@]1(O)Cc2c(O)c3c(c(O)c2[C@@H](O[C@H]2CC(N)[C@H](O)C(C)O2)C1)C(=O)c1c(OC)cccc1C3=O. The number of benzene rings is 2. The van der Waals surface area contributed by atoms with E-state index in [4.69, 9.17) is 19.9 Å². The lowest BCUT2D eigenvalue weighted by Gasteiger charge is -2.43. The van der Waals surface area contributed by atoms with E-state index in [0.717, 1.165) is 19.3 Å². The highest BCUT2D eigenvalue weighted by Gasteiger charge is 2.49. The molecule has 326 valence electrons. The summed E-state index contributed by atoms with van der Waals surface area (Å²) in [5, 5.41) is 60.9. The van der Waals surface area contributed by atoms with Crippen molar-refractivity contribution in [2.24, 2.45) is 10.8 Å². The van der Waals surface area contributed by atoms with Crippen LogP contribution in [0, 0.1) is 0 Å². The number of fused-ring (bicyclic) bond motifs is 3. The van der Waals surface area contributed by atoms with Gasteiger partial charge in [-0.3, -0.25) is 14.4 Å². The lowest BCUT2D eigenvalue weighted by molar-refractivity contribution is -0.245. The molecule has 0 spiro atoms. The first-order valence-corrected chi connectivity index (χ1v) is 21.7. The van der Waals surface area contributed by atoms with Crippen LogP contribution in [0.2, 0.25) is 0 Å². The fraction of sp³-hybridized carbons (Fsp3) is 0.644. The smallest absolute Gasteiger partial charge is 0.240 e. The van der Waals surface area contributed by atoms with Gasteiger partial charge in [-0.2, -0.15) is 5.10 Å². The number of aliphatic hydroxyl groups excluding tert-OH is 2. The molecule has 0 bridgehead atoms. The number of hydrogen-bond donors (Lipinski definition) is 7. The van der Waals surface area contributed by atoms with Crippen LogP contribution in [0.15, 0.2) is 23.3 Å². The molecule has 2 aliphatic carbocycles. The van der Waals surface area contributed by atoms with Gasteiger partial charge in [-0.15, -0.1) is 0 Å². The molecule has 0 saturated carbocycles. The lowest BCUT2D eigenvalue weighted by Crippen LogP contribution is -2.53.